The van der Waals surface area contributed by atoms with Crippen molar-refractivity contribution in [3.63, 3.8) is 0 Å². The molecule has 0 aliphatic heterocycles. The smallest absolute Gasteiger partial charge is 0.242 e. The lowest BCUT2D eigenvalue weighted by atomic mass is 10.1. The Balaban J connectivity index is 3.13. The summed E-state index contributed by atoms with van der Waals surface area (Å²) in [5.74, 6) is 5.19. The van der Waals surface area contributed by atoms with Gasteiger partial charge in [-0.3, -0.25) is 0 Å². The monoisotopic (exact) mass is 310 g/mol. The van der Waals surface area contributed by atoms with Gasteiger partial charge in [0.2, 0.25) is 10.0 Å². The highest BCUT2D eigenvalue weighted by Crippen LogP contribution is 2.17. The number of sulfonamides is 1. The Kier molecular flexibility index (Phi) is 6.37. The molecule has 5 nitrogen and oxygen atoms in total. The molecule has 0 heterocycles. The number of rotatable bonds is 5. The van der Waals surface area contributed by atoms with Crippen molar-refractivity contribution < 1.29 is 13.5 Å². The molecule has 21 heavy (non-hydrogen) atoms. The molecule has 0 aliphatic rings. The van der Waals surface area contributed by atoms with Crippen LogP contribution in [0.5, 0.6) is 0 Å². The van der Waals surface area contributed by atoms with Gasteiger partial charge in [-0.2, -0.15) is 0 Å². The van der Waals surface area contributed by atoms with E-state index in [-0.39, 0.29) is 17.5 Å². The first-order valence-electron chi connectivity index (χ1n) is 6.63. The van der Waals surface area contributed by atoms with E-state index in [2.05, 4.69) is 16.6 Å². The first-order chi connectivity index (χ1) is 9.76. The molecule has 0 radical (unpaired) electrons. The van der Waals surface area contributed by atoms with E-state index in [0.717, 1.165) is 5.56 Å². The number of nitrogens with zero attached hydrogens (tertiary/aromatic N) is 1. The summed E-state index contributed by atoms with van der Waals surface area (Å²) in [7, 11) is 0.124. The molecule has 116 valence electrons. The fraction of sp³-hybridized carbons (Fsp3) is 0.467. The fourth-order valence-corrected chi connectivity index (χ4v) is 3.40. The Labute approximate surface area is 127 Å². The number of aliphatic hydroxyl groups is 1. The van der Waals surface area contributed by atoms with Gasteiger partial charge in [0.15, 0.2) is 0 Å². The number of hydrogen-bond donors (Lipinski definition) is 2. The van der Waals surface area contributed by atoms with Crippen molar-refractivity contribution in [3.8, 4) is 11.8 Å². The van der Waals surface area contributed by atoms with Gasteiger partial charge >= 0.3 is 0 Å². The summed E-state index contributed by atoms with van der Waals surface area (Å²) in [5.41, 5.74) is 1.31. The molecule has 0 amide bonds. The second-order valence-corrected chi connectivity index (χ2v) is 6.93. The summed E-state index contributed by atoms with van der Waals surface area (Å²) in [5, 5.41) is 8.79. The Morgan fingerprint density at radius 3 is 2.62 bits per heavy atom. The highest BCUT2D eigenvalue weighted by molar-refractivity contribution is 7.89. The fourth-order valence-electron chi connectivity index (χ4n) is 2.02. The normalized spacial score (nSPS) is 12.9. The van der Waals surface area contributed by atoms with Gasteiger partial charge in [-0.05, 0) is 45.6 Å². The molecule has 0 aromatic heterocycles. The zero-order valence-corrected chi connectivity index (χ0v) is 13.7. The zero-order chi connectivity index (χ0) is 16.0. The van der Waals surface area contributed by atoms with Crippen LogP contribution in [0, 0.1) is 18.8 Å². The van der Waals surface area contributed by atoms with Crippen LogP contribution in [-0.2, 0) is 10.0 Å². The SMILES string of the molecule is Cc1ccc(S(=O)(=O)NC(C)CN(C)C)c(C#CCO)c1. The number of aliphatic hydroxyl groups excluding tert-OH is 1. The predicted octanol–water partition coefficient (Wildman–Crippen LogP) is 0.567. The molecular formula is C15H22N2O3S. The average Bonchev–Trinajstić information content (AvgIpc) is 2.34. The van der Waals surface area contributed by atoms with Crippen molar-refractivity contribution in [2.24, 2.45) is 0 Å². The van der Waals surface area contributed by atoms with Gasteiger partial charge in [-0.15, -0.1) is 0 Å². The third-order valence-corrected chi connectivity index (χ3v) is 4.37. The minimum absolute atomic E-state index is 0.139. The maximum Gasteiger partial charge on any atom is 0.242 e. The van der Waals surface area contributed by atoms with E-state index in [4.69, 9.17) is 5.11 Å². The first-order valence-corrected chi connectivity index (χ1v) is 8.12. The lowest BCUT2D eigenvalue weighted by molar-refractivity contribution is 0.350. The van der Waals surface area contributed by atoms with Crippen LogP contribution in [0.2, 0.25) is 0 Å². The summed E-state index contributed by atoms with van der Waals surface area (Å²) in [6.07, 6.45) is 0. The van der Waals surface area contributed by atoms with Gasteiger partial charge < -0.3 is 10.0 Å². The molecule has 6 heteroatoms. The molecule has 0 saturated carbocycles. The Morgan fingerprint density at radius 2 is 2.05 bits per heavy atom. The zero-order valence-electron chi connectivity index (χ0n) is 12.8. The minimum Gasteiger partial charge on any atom is -0.384 e. The minimum atomic E-state index is -3.64. The van der Waals surface area contributed by atoms with Crippen LogP contribution in [0.3, 0.4) is 0 Å². The van der Waals surface area contributed by atoms with Gasteiger partial charge in [0.25, 0.3) is 0 Å². The van der Waals surface area contributed by atoms with Crippen molar-refractivity contribution in [2.75, 3.05) is 27.2 Å². The first kappa shape index (κ1) is 17.7. The molecule has 0 fully saturated rings. The van der Waals surface area contributed by atoms with Crippen LogP contribution >= 0.6 is 0 Å². The van der Waals surface area contributed by atoms with Gasteiger partial charge in [0.1, 0.15) is 6.61 Å². The maximum absolute atomic E-state index is 12.5. The van der Waals surface area contributed by atoms with Crippen LogP contribution in [0.1, 0.15) is 18.1 Å². The molecule has 1 aromatic carbocycles. The predicted molar refractivity (Wildman–Crippen MR) is 83.5 cm³/mol. The lowest BCUT2D eigenvalue weighted by Crippen LogP contribution is -2.39. The van der Waals surface area contributed by atoms with Crippen molar-refractivity contribution >= 4 is 10.0 Å². The Hall–Kier alpha value is -1.39. The van der Waals surface area contributed by atoms with E-state index in [1.54, 1.807) is 18.2 Å². The molecule has 1 rings (SSSR count). The maximum atomic E-state index is 12.5. The molecule has 1 aromatic rings. The second-order valence-electron chi connectivity index (χ2n) is 5.24. The Bertz CT molecular complexity index is 643. The second kappa shape index (κ2) is 7.57. The van der Waals surface area contributed by atoms with E-state index < -0.39 is 10.0 Å². The quantitative estimate of drug-likeness (QED) is 0.780. The van der Waals surface area contributed by atoms with Crippen molar-refractivity contribution in [2.45, 2.75) is 24.8 Å². The van der Waals surface area contributed by atoms with E-state index in [0.29, 0.717) is 12.1 Å². The number of benzene rings is 1. The molecule has 0 bridgehead atoms. The van der Waals surface area contributed by atoms with Crippen LogP contribution in [0.4, 0.5) is 0 Å². The van der Waals surface area contributed by atoms with Gasteiger partial charge in [-0.1, -0.05) is 17.9 Å². The van der Waals surface area contributed by atoms with E-state index in [9.17, 15) is 8.42 Å². The van der Waals surface area contributed by atoms with Gasteiger partial charge in [0, 0.05) is 18.2 Å². The van der Waals surface area contributed by atoms with Crippen LogP contribution < -0.4 is 4.72 Å². The van der Waals surface area contributed by atoms with E-state index >= 15 is 0 Å². The van der Waals surface area contributed by atoms with Crippen molar-refractivity contribution in [3.05, 3.63) is 29.3 Å². The lowest BCUT2D eigenvalue weighted by Gasteiger charge is -2.19. The summed E-state index contributed by atoms with van der Waals surface area (Å²) in [6, 6.07) is 4.76. The molecule has 0 spiro atoms. The molecule has 2 N–H and O–H groups in total. The highest BCUT2D eigenvalue weighted by atomic mass is 32.2. The van der Waals surface area contributed by atoms with Gasteiger partial charge in [-0.25, -0.2) is 13.1 Å². The number of aryl methyl sites for hydroxylation is 1. The largest absolute Gasteiger partial charge is 0.384 e. The summed E-state index contributed by atoms with van der Waals surface area (Å²) < 4.78 is 27.6. The van der Waals surface area contributed by atoms with E-state index in [1.165, 1.54) is 0 Å². The molecule has 1 unspecified atom stereocenters. The molecule has 0 saturated heterocycles. The van der Waals surface area contributed by atoms with Crippen LogP contribution in [-0.4, -0.2) is 51.7 Å². The standard InChI is InChI=1S/C15H22N2O3S/c1-12-7-8-15(14(10-12)6-5-9-18)21(19,20)16-13(2)11-17(3)4/h7-8,10,13,16,18H,9,11H2,1-4H3. The number of nitrogens with one attached hydrogen (secondary N) is 1. The number of likely N-dealkylation sites (N-methyl/N-ethyl adjacent to an activating group) is 1. The summed E-state index contributed by atoms with van der Waals surface area (Å²) in [4.78, 5) is 2.05. The molecule has 0 aliphatic carbocycles. The van der Waals surface area contributed by atoms with Gasteiger partial charge in [0.05, 0.1) is 4.90 Å². The summed E-state index contributed by atoms with van der Waals surface area (Å²) in [6.45, 7) is 3.97. The third-order valence-electron chi connectivity index (χ3n) is 2.72. The highest BCUT2D eigenvalue weighted by Gasteiger charge is 2.20. The topological polar surface area (TPSA) is 69.6 Å². The van der Waals surface area contributed by atoms with Crippen LogP contribution in [0.25, 0.3) is 0 Å². The van der Waals surface area contributed by atoms with Crippen molar-refractivity contribution in [1.29, 1.82) is 0 Å². The number of hydrogen-bond acceptors (Lipinski definition) is 4. The Morgan fingerprint density at radius 1 is 1.38 bits per heavy atom. The van der Waals surface area contributed by atoms with Crippen molar-refractivity contribution in [1.82, 2.24) is 9.62 Å². The molecular weight excluding hydrogens is 288 g/mol. The van der Waals surface area contributed by atoms with Crippen LogP contribution in [0.15, 0.2) is 23.1 Å². The molecule has 1 atom stereocenters. The average molecular weight is 310 g/mol. The van der Waals surface area contributed by atoms with E-state index in [1.807, 2.05) is 32.8 Å². The third kappa shape index (κ3) is 5.48. The summed E-state index contributed by atoms with van der Waals surface area (Å²) >= 11 is 0.